The van der Waals surface area contributed by atoms with E-state index in [1.165, 1.54) is 17.7 Å². The quantitative estimate of drug-likeness (QED) is 0.281. The third kappa shape index (κ3) is 6.26. The number of hydrogen-bond donors (Lipinski definition) is 1. The number of rotatable bonds is 5. The van der Waals surface area contributed by atoms with Gasteiger partial charge in [-0.15, -0.1) is 0 Å². The highest BCUT2D eigenvalue weighted by Crippen LogP contribution is 2.37. The Bertz CT molecular complexity index is 1490. The van der Waals surface area contributed by atoms with Crippen molar-refractivity contribution in [1.29, 1.82) is 0 Å². The number of benzene rings is 2. The lowest BCUT2D eigenvalue weighted by atomic mass is 9.87. The van der Waals surface area contributed by atoms with Gasteiger partial charge in [-0.1, -0.05) is 51.1 Å². The standard InChI is InChI=1S/C31H34F3N5O/c1-19-16-39(17-20(2)40-19)18-28-37-27-14-26(23-8-6-7-9-25(23)31(32,33)34)35-15-24(27)29(38-28)36-22-12-10-21(11-13-22)30(3,4)5/h6-15,19-20H,16-18H2,1-5H3,(H,36,37,38)/t19-,20+. The Kier molecular flexibility index (Phi) is 7.54. The van der Waals surface area contributed by atoms with Gasteiger partial charge in [0.2, 0.25) is 0 Å². The Balaban J connectivity index is 1.57. The predicted octanol–water partition coefficient (Wildman–Crippen LogP) is 7.36. The lowest BCUT2D eigenvalue weighted by Gasteiger charge is -2.34. The van der Waals surface area contributed by atoms with Crippen LogP contribution in [0.3, 0.4) is 0 Å². The van der Waals surface area contributed by atoms with E-state index in [0.717, 1.165) is 24.8 Å². The van der Waals surface area contributed by atoms with Crippen LogP contribution in [0.2, 0.25) is 0 Å². The minimum atomic E-state index is -4.50. The van der Waals surface area contributed by atoms with Crippen LogP contribution in [0.15, 0.2) is 60.8 Å². The molecule has 2 aromatic carbocycles. The molecule has 3 heterocycles. The van der Waals surface area contributed by atoms with E-state index in [1.54, 1.807) is 18.3 Å². The van der Waals surface area contributed by atoms with E-state index >= 15 is 0 Å². The van der Waals surface area contributed by atoms with Gasteiger partial charge in [0.15, 0.2) is 0 Å². The number of pyridine rings is 1. The van der Waals surface area contributed by atoms with E-state index in [4.69, 9.17) is 14.7 Å². The van der Waals surface area contributed by atoms with Crippen LogP contribution < -0.4 is 5.32 Å². The monoisotopic (exact) mass is 549 g/mol. The fourth-order valence-electron chi connectivity index (χ4n) is 5.14. The van der Waals surface area contributed by atoms with E-state index in [1.807, 2.05) is 26.0 Å². The first kappa shape index (κ1) is 28.0. The fourth-order valence-corrected chi connectivity index (χ4v) is 5.14. The summed E-state index contributed by atoms with van der Waals surface area (Å²) in [5.41, 5.74) is 2.09. The van der Waals surface area contributed by atoms with Crippen LogP contribution >= 0.6 is 0 Å². The lowest BCUT2D eigenvalue weighted by molar-refractivity contribution is -0.137. The molecule has 0 unspecified atom stereocenters. The maximum Gasteiger partial charge on any atom is 0.417 e. The first-order valence-electron chi connectivity index (χ1n) is 13.5. The number of hydrogen-bond acceptors (Lipinski definition) is 6. The molecule has 1 saturated heterocycles. The Morgan fingerprint density at radius 3 is 2.27 bits per heavy atom. The number of alkyl halides is 3. The van der Waals surface area contributed by atoms with Crippen molar-refractivity contribution >= 4 is 22.4 Å². The van der Waals surface area contributed by atoms with Gasteiger partial charge in [-0.3, -0.25) is 9.88 Å². The number of halogens is 3. The minimum absolute atomic E-state index is 0.0140. The molecule has 0 saturated carbocycles. The second-order valence-electron chi connectivity index (χ2n) is 11.5. The fraction of sp³-hybridized carbons (Fsp3) is 0.387. The summed E-state index contributed by atoms with van der Waals surface area (Å²) in [5.74, 6) is 1.13. The van der Waals surface area contributed by atoms with Crippen molar-refractivity contribution in [3.8, 4) is 11.3 Å². The van der Waals surface area contributed by atoms with Crippen molar-refractivity contribution in [2.45, 2.75) is 65.0 Å². The molecule has 1 fully saturated rings. The Hall–Kier alpha value is -3.56. The summed E-state index contributed by atoms with van der Waals surface area (Å²) in [6.07, 6.45) is -2.79. The molecule has 2 atom stereocenters. The number of fused-ring (bicyclic) bond motifs is 1. The zero-order valence-electron chi connectivity index (χ0n) is 23.4. The smallest absolute Gasteiger partial charge is 0.373 e. The van der Waals surface area contributed by atoms with Crippen molar-refractivity contribution < 1.29 is 17.9 Å². The van der Waals surface area contributed by atoms with Crippen LogP contribution in [0.1, 0.15) is 51.6 Å². The van der Waals surface area contributed by atoms with Crippen molar-refractivity contribution in [1.82, 2.24) is 19.9 Å². The average molecular weight is 550 g/mol. The molecular weight excluding hydrogens is 515 g/mol. The Morgan fingerprint density at radius 1 is 0.950 bits per heavy atom. The number of nitrogens with one attached hydrogen (secondary N) is 1. The zero-order valence-corrected chi connectivity index (χ0v) is 23.4. The number of aromatic nitrogens is 3. The molecule has 0 bridgehead atoms. The van der Waals surface area contributed by atoms with E-state index in [-0.39, 0.29) is 28.9 Å². The topological polar surface area (TPSA) is 63.2 Å². The van der Waals surface area contributed by atoms with Gasteiger partial charge in [-0.25, -0.2) is 9.97 Å². The molecule has 0 spiro atoms. The summed E-state index contributed by atoms with van der Waals surface area (Å²) >= 11 is 0. The maximum absolute atomic E-state index is 13.8. The summed E-state index contributed by atoms with van der Waals surface area (Å²) in [6.45, 7) is 12.5. The van der Waals surface area contributed by atoms with Crippen LogP contribution in [0.4, 0.5) is 24.7 Å². The highest BCUT2D eigenvalue weighted by Gasteiger charge is 2.33. The van der Waals surface area contributed by atoms with Crippen molar-refractivity contribution in [2.75, 3.05) is 18.4 Å². The van der Waals surface area contributed by atoms with Crippen LogP contribution in [-0.4, -0.2) is 45.1 Å². The highest BCUT2D eigenvalue weighted by atomic mass is 19.4. The Labute approximate surface area is 232 Å². The summed E-state index contributed by atoms with van der Waals surface area (Å²) in [4.78, 5) is 16.3. The predicted molar refractivity (Wildman–Crippen MR) is 151 cm³/mol. The molecule has 1 N–H and O–H groups in total. The largest absolute Gasteiger partial charge is 0.417 e. The van der Waals surface area contributed by atoms with Gasteiger partial charge in [-0.05, 0) is 49.1 Å². The normalized spacial score (nSPS) is 18.7. The number of morpholine rings is 1. The molecular formula is C31H34F3N5O. The molecule has 1 aliphatic heterocycles. The number of anilines is 2. The highest BCUT2D eigenvalue weighted by molar-refractivity contribution is 5.92. The van der Waals surface area contributed by atoms with Crippen molar-refractivity contribution in [3.63, 3.8) is 0 Å². The molecule has 4 aromatic rings. The molecule has 0 aliphatic carbocycles. The number of nitrogens with zero attached hydrogens (tertiary/aromatic N) is 4. The molecule has 5 rings (SSSR count). The van der Waals surface area contributed by atoms with Crippen LogP contribution in [0, 0.1) is 0 Å². The molecule has 9 heteroatoms. The van der Waals surface area contributed by atoms with Gasteiger partial charge in [0.25, 0.3) is 0 Å². The first-order chi connectivity index (χ1) is 18.9. The molecule has 0 amide bonds. The van der Waals surface area contributed by atoms with Gasteiger partial charge in [0.1, 0.15) is 11.6 Å². The van der Waals surface area contributed by atoms with Crippen molar-refractivity contribution in [3.05, 3.63) is 77.7 Å². The molecule has 6 nitrogen and oxygen atoms in total. The van der Waals surface area contributed by atoms with Crippen LogP contribution in [0.5, 0.6) is 0 Å². The van der Waals surface area contributed by atoms with Gasteiger partial charge in [0.05, 0.1) is 40.9 Å². The zero-order chi connectivity index (χ0) is 28.7. The van der Waals surface area contributed by atoms with E-state index in [2.05, 4.69) is 48.1 Å². The number of ether oxygens (including phenoxy) is 1. The summed E-state index contributed by atoms with van der Waals surface area (Å²) < 4.78 is 47.2. The third-order valence-electron chi connectivity index (χ3n) is 7.01. The van der Waals surface area contributed by atoms with Crippen molar-refractivity contribution in [2.24, 2.45) is 0 Å². The molecule has 210 valence electrons. The van der Waals surface area contributed by atoms with E-state index in [0.29, 0.717) is 29.1 Å². The lowest BCUT2D eigenvalue weighted by Crippen LogP contribution is -2.45. The average Bonchev–Trinajstić information content (AvgIpc) is 2.87. The molecule has 2 aromatic heterocycles. The van der Waals surface area contributed by atoms with E-state index in [9.17, 15) is 13.2 Å². The SMILES string of the molecule is C[C@@H]1CN(Cc2nc(Nc3ccc(C(C)(C)C)cc3)c3cnc(-c4ccccc4C(F)(F)F)cc3n2)C[C@H](C)O1. The Morgan fingerprint density at radius 2 is 1.62 bits per heavy atom. The van der Waals surface area contributed by atoms with Gasteiger partial charge in [0, 0.05) is 30.5 Å². The first-order valence-corrected chi connectivity index (χ1v) is 13.5. The molecule has 40 heavy (non-hydrogen) atoms. The summed E-state index contributed by atoms with van der Waals surface area (Å²) in [7, 11) is 0. The van der Waals surface area contributed by atoms with Gasteiger partial charge >= 0.3 is 6.18 Å². The third-order valence-corrected chi connectivity index (χ3v) is 7.01. The van der Waals surface area contributed by atoms with Gasteiger partial charge in [-0.2, -0.15) is 13.2 Å². The molecule has 0 radical (unpaired) electrons. The van der Waals surface area contributed by atoms with Crippen LogP contribution in [-0.2, 0) is 22.9 Å². The second kappa shape index (κ2) is 10.8. The molecule has 1 aliphatic rings. The van der Waals surface area contributed by atoms with E-state index < -0.39 is 11.7 Å². The van der Waals surface area contributed by atoms with Gasteiger partial charge < -0.3 is 10.1 Å². The minimum Gasteiger partial charge on any atom is -0.373 e. The maximum atomic E-state index is 13.8. The second-order valence-corrected chi connectivity index (χ2v) is 11.5. The van der Waals surface area contributed by atoms with Crippen LogP contribution in [0.25, 0.3) is 22.2 Å². The summed E-state index contributed by atoms with van der Waals surface area (Å²) in [6, 6.07) is 15.2. The summed E-state index contributed by atoms with van der Waals surface area (Å²) in [5, 5.41) is 4.03.